The Morgan fingerprint density at radius 1 is 1.00 bits per heavy atom. The van der Waals surface area contributed by atoms with E-state index in [2.05, 4.69) is 9.97 Å². The topological polar surface area (TPSA) is 104 Å². The van der Waals surface area contributed by atoms with Crippen molar-refractivity contribution < 1.29 is 19.1 Å². The van der Waals surface area contributed by atoms with Gasteiger partial charge in [0.25, 0.3) is 5.56 Å². The number of benzene rings is 1. The van der Waals surface area contributed by atoms with Crippen molar-refractivity contribution in [2.24, 2.45) is 0 Å². The zero-order chi connectivity index (χ0) is 26.1. The molecule has 0 aliphatic carbocycles. The van der Waals surface area contributed by atoms with Crippen molar-refractivity contribution in [1.29, 1.82) is 0 Å². The van der Waals surface area contributed by atoms with Gasteiger partial charge in [-0.05, 0) is 72.1 Å². The van der Waals surface area contributed by atoms with Crippen molar-refractivity contribution in [3.8, 4) is 5.69 Å². The van der Waals surface area contributed by atoms with Crippen molar-refractivity contribution in [3.05, 3.63) is 51.9 Å². The van der Waals surface area contributed by atoms with Gasteiger partial charge in [0.1, 0.15) is 11.2 Å². The molecule has 0 bridgehead atoms. The fourth-order valence-corrected chi connectivity index (χ4v) is 3.54. The summed E-state index contributed by atoms with van der Waals surface area (Å²) in [6.07, 6.45) is 1.26. The second kappa shape index (κ2) is 9.87. The second-order valence-corrected chi connectivity index (χ2v) is 10.8. The molecule has 3 aromatic rings. The Morgan fingerprint density at radius 2 is 1.54 bits per heavy atom. The summed E-state index contributed by atoms with van der Waals surface area (Å²) in [4.78, 5) is 49.3. The molecule has 0 spiro atoms. The molecular formula is C24H27ClN4O5S. The van der Waals surface area contributed by atoms with Gasteiger partial charge in [-0.1, -0.05) is 23.4 Å². The number of imide groups is 1. The first kappa shape index (κ1) is 26.5. The van der Waals surface area contributed by atoms with E-state index in [-0.39, 0.29) is 16.7 Å². The molecule has 0 atom stereocenters. The molecule has 0 unspecified atom stereocenters. The number of hydrogen-bond donors (Lipinski definition) is 0. The lowest BCUT2D eigenvalue weighted by molar-refractivity contribution is 0.0431. The average Bonchev–Trinajstić information content (AvgIpc) is 2.72. The van der Waals surface area contributed by atoms with E-state index in [1.54, 1.807) is 72.1 Å². The maximum atomic E-state index is 13.4. The summed E-state index contributed by atoms with van der Waals surface area (Å²) in [5.74, 6) is 0. The molecule has 1 aromatic carbocycles. The molecule has 0 N–H and O–H groups in total. The molecular weight excluding hydrogens is 492 g/mol. The maximum Gasteiger partial charge on any atom is 0.424 e. The lowest BCUT2D eigenvalue weighted by Crippen LogP contribution is -2.44. The highest BCUT2D eigenvalue weighted by molar-refractivity contribution is 7.98. The van der Waals surface area contributed by atoms with Crippen LogP contribution in [0.1, 0.15) is 41.5 Å². The quantitative estimate of drug-likeness (QED) is 0.315. The Labute approximate surface area is 212 Å². The number of nitrogens with zero attached hydrogens (tertiary/aromatic N) is 4. The van der Waals surface area contributed by atoms with E-state index in [1.165, 1.54) is 22.5 Å². The Balaban J connectivity index is 2.33. The predicted molar refractivity (Wildman–Crippen MR) is 137 cm³/mol. The Morgan fingerprint density at radius 3 is 2.03 bits per heavy atom. The number of hydrogen-bond acceptors (Lipinski definition) is 8. The van der Waals surface area contributed by atoms with E-state index in [0.29, 0.717) is 20.8 Å². The normalized spacial score (nSPS) is 11.9. The van der Waals surface area contributed by atoms with Gasteiger partial charge in [-0.15, -0.1) is 0 Å². The van der Waals surface area contributed by atoms with Crippen molar-refractivity contribution in [3.63, 3.8) is 0 Å². The number of ether oxygens (including phenoxy) is 2. The summed E-state index contributed by atoms with van der Waals surface area (Å²) in [5, 5.41) is 1.18. The minimum Gasteiger partial charge on any atom is -0.443 e. The van der Waals surface area contributed by atoms with Crippen LogP contribution in [0, 0.1) is 0 Å². The van der Waals surface area contributed by atoms with Gasteiger partial charge in [0.05, 0.1) is 16.8 Å². The Kier molecular flexibility index (Phi) is 7.47. The molecule has 0 fully saturated rings. The largest absolute Gasteiger partial charge is 0.443 e. The van der Waals surface area contributed by atoms with Gasteiger partial charge in [0, 0.05) is 17.3 Å². The van der Waals surface area contributed by atoms with Crippen LogP contribution in [0.15, 0.2) is 46.5 Å². The van der Waals surface area contributed by atoms with E-state index in [9.17, 15) is 14.4 Å². The summed E-state index contributed by atoms with van der Waals surface area (Å²) in [6, 6.07) is 7.79. The highest BCUT2D eigenvalue weighted by Gasteiger charge is 2.35. The molecule has 2 aromatic heterocycles. The molecule has 35 heavy (non-hydrogen) atoms. The van der Waals surface area contributed by atoms with Crippen LogP contribution >= 0.6 is 23.4 Å². The van der Waals surface area contributed by atoms with Gasteiger partial charge in [-0.2, -0.15) is 4.90 Å². The number of pyridine rings is 1. The zero-order valence-electron chi connectivity index (χ0n) is 20.6. The standard InChI is InChI=1S/C24H27ClN4O5S/c1-23(2,3)33-21(31)29(22(32)34-24(4,5)6)17-12-18(30)28(15-10-8-14(25)9-11-15)19-16(17)13-26-20(27-19)35-7/h8-13H,1-7H3. The van der Waals surface area contributed by atoms with Gasteiger partial charge < -0.3 is 9.47 Å². The van der Waals surface area contributed by atoms with E-state index in [4.69, 9.17) is 21.1 Å². The number of fused-ring (bicyclic) bond motifs is 1. The first-order valence-corrected chi connectivity index (χ1v) is 12.3. The van der Waals surface area contributed by atoms with Crippen molar-refractivity contribution in [2.45, 2.75) is 57.9 Å². The summed E-state index contributed by atoms with van der Waals surface area (Å²) < 4.78 is 12.3. The monoisotopic (exact) mass is 518 g/mol. The predicted octanol–water partition coefficient (Wildman–Crippen LogP) is 5.83. The van der Waals surface area contributed by atoms with Gasteiger partial charge in [-0.3, -0.25) is 9.36 Å². The molecule has 9 nitrogen and oxygen atoms in total. The number of rotatable bonds is 3. The van der Waals surface area contributed by atoms with Gasteiger partial charge in [0.15, 0.2) is 10.8 Å². The van der Waals surface area contributed by atoms with Crippen molar-refractivity contribution in [1.82, 2.24) is 14.5 Å². The molecule has 0 saturated heterocycles. The minimum absolute atomic E-state index is 0.0497. The highest BCUT2D eigenvalue weighted by Crippen LogP contribution is 2.30. The van der Waals surface area contributed by atoms with E-state index >= 15 is 0 Å². The van der Waals surface area contributed by atoms with Crippen LogP contribution in [0.3, 0.4) is 0 Å². The second-order valence-electron chi connectivity index (χ2n) is 9.57. The third-order valence-corrected chi connectivity index (χ3v) is 5.19. The fourth-order valence-electron chi connectivity index (χ4n) is 3.08. The van der Waals surface area contributed by atoms with E-state index in [0.717, 1.165) is 6.07 Å². The lowest BCUT2D eigenvalue weighted by atomic mass is 10.2. The molecule has 0 aliphatic rings. The lowest BCUT2D eigenvalue weighted by Gasteiger charge is -2.29. The van der Waals surface area contributed by atoms with Crippen LogP contribution in [0.2, 0.25) is 5.02 Å². The van der Waals surface area contributed by atoms with Crippen LogP contribution in [0.25, 0.3) is 16.7 Å². The molecule has 11 heteroatoms. The number of thioether (sulfide) groups is 1. The third kappa shape index (κ3) is 6.32. The smallest absolute Gasteiger partial charge is 0.424 e. The number of carbonyl (C=O) groups is 2. The molecule has 3 rings (SSSR count). The highest BCUT2D eigenvalue weighted by atomic mass is 35.5. The number of carbonyl (C=O) groups excluding carboxylic acids is 2. The number of amides is 2. The molecule has 2 heterocycles. The third-order valence-electron chi connectivity index (χ3n) is 4.38. The number of aromatic nitrogens is 3. The summed E-state index contributed by atoms with van der Waals surface area (Å²) in [5.41, 5.74) is -1.69. The molecule has 0 radical (unpaired) electrons. The molecule has 2 amide bonds. The number of halogens is 1. The van der Waals surface area contributed by atoms with Gasteiger partial charge in [-0.25, -0.2) is 19.6 Å². The average molecular weight is 519 g/mol. The molecule has 186 valence electrons. The Bertz CT molecular complexity index is 1300. The van der Waals surface area contributed by atoms with Crippen LogP contribution < -0.4 is 10.5 Å². The SMILES string of the molecule is CSc1ncc2c(N(C(=O)OC(C)(C)C)C(=O)OC(C)(C)C)cc(=O)n(-c3ccc(Cl)cc3)c2n1. The van der Waals surface area contributed by atoms with Crippen LogP contribution in [-0.4, -0.2) is 44.2 Å². The van der Waals surface area contributed by atoms with Crippen molar-refractivity contribution in [2.75, 3.05) is 11.2 Å². The first-order chi connectivity index (χ1) is 16.2. The summed E-state index contributed by atoms with van der Waals surface area (Å²) in [6.45, 7) is 10.0. The van der Waals surface area contributed by atoms with Crippen LogP contribution in [0.4, 0.5) is 15.3 Å². The minimum atomic E-state index is -0.995. The molecule has 0 saturated carbocycles. The van der Waals surface area contributed by atoms with Gasteiger partial charge in [0.2, 0.25) is 0 Å². The van der Waals surface area contributed by atoms with Crippen LogP contribution in [0.5, 0.6) is 0 Å². The van der Waals surface area contributed by atoms with E-state index in [1.807, 2.05) is 0 Å². The van der Waals surface area contributed by atoms with Crippen LogP contribution in [-0.2, 0) is 9.47 Å². The fraction of sp³-hybridized carbons (Fsp3) is 0.375. The number of anilines is 1. The zero-order valence-corrected chi connectivity index (χ0v) is 22.2. The molecule has 0 aliphatic heterocycles. The first-order valence-electron chi connectivity index (χ1n) is 10.7. The van der Waals surface area contributed by atoms with Gasteiger partial charge >= 0.3 is 12.2 Å². The summed E-state index contributed by atoms with van der Waals surface area (Å²) in [7, 11) is 0. The van der Waals surface area contributed by atoms with E-state index < -0.39 is 28.9 Å². The maximum absolute atomic E-state index is 13.4. The van der Waals surface area contributed by atoms with Crippen molar-refractivity contribution >= 4 is 52.3 Å². The summed E-state index contributed by atoms with van der Waals surface area (Å²) >= 11 is 7.30. The Hall–Kier alpha value is -3.11.